The Kier molecular flexibility index (Phi) is 4.75. The van der Waals surface area contributed by atoms with E-state index in [0.717, 1.165) is 16.8 Å². The van der Waals surface area contributed by atoms with E-state index < -0.39 is 11.7 Å². The van der Waals surface area contributed by atoms with Crippen molar-refractivity contribution >= 4 is 17.2 Å². The molecule has 0 unspecified atom stereocenters. The monoisotopic (exact) mass is 329 g/mol. The van der Waals surface area contributed by atoms with Crippen molar-refractivity contribution in [1.82, 2.24) is 9.97 Å². The molecular weight excluding hydrogens is 311 g/mol. The lowest BCUT2D eigenvalue weighted by Gasteiger charge is -2.14. The molecule has 0 aliphatic carbocycles. The lowest BCUT2D eigenvalue weighted by molar-refractivity contribution is -0.137. The summed E-state index contributed by atoms with van der Waals surface area (Å²) in [6.45, 7) is 6.60. The standard InChI is InChI=1S/C15H18F3N3S/c1-14(2,3)13-21-10(9-22-13)6-8-20-12-11(15(16,17)18)5-4-7-19-12/h4-5,7,9H,6,8H2,1-3H3,(H,19,20). The number of thiazole rings is 1. The smallest absolute Gasteiger partial charge is 0.369 e. The SMILES string of the molecule is CC(C)(C)c1nc(CCNc2ncccc2C(F)(F)F)cs1. The molecular formula is C15H18F3N3S. The predicted molar refractivity (Wildman–Crippen MR) is 82.2 cm³/mol. The molecule has 7 heteroatoms. The number of aromatic nitrogens is 2. The molecule has 22 heavy (non-hydrogen) atoms. The van der Waals surface area contributed by atoms with Gasteiger partial charge < -0.3 is 5.32 Å². The number of nitrogens with zero attached hydrogens (tertiary/aromatic N) is 2. The third-order valence-electron chi connectivity index (χ3n) is 2.98. The summed E-state index contributed by atoms with van der Waals surface area (Å²) in [5.74, 6) is -0.138. The Morgan fingerprint density at radius 1 is 1.23 bits per heavy atom. The Morgan fingerprint density at radius 2 is 1.95 bits per heavy atom. The molecule has 2 rings (SSSR count). The van der Waals surface area contributed by atoms with Crippen LogP contribution in [0.15, 0.2) is 23.7 Å². The highest BCUT2D eigenvalue weighted by Gasteiger charge is 2.33. The number of hydrogen-bond acceptors (Lipinski definition) is 4. The quantitative estimate of drug-likeness (QED) is 0.897. The van der Waals surface area contributed by atoms with Crippen LogP contribution in [-0.2, 0) is 18.0 Å². The topological polar surface area (TPSA) is 37.8 Å². The van der Waals surface area contributed by atoms with E-state index in [4.69, 9.17) is 0 Å². The van der Waals surface area contributed by atoms with Gasteiger partial charge in [-0.1, -0.05) is 20.8 Å². The van der Waals surface area contributed by atoms with Gasteiger partial charge >= 0.3 is 6.18 Å². The van der Waals surface area contributed by atoms with Crippen molar-refractivity contribution in [3.05, 3.63) is 40.0 Å². The molecule has 0 aliphatic rings. The number of alkyl halides is 3. The van der Waals surface area contributed by atoms with Crippen LogP contribution in [0.2, 0.25) is 0 Å². The van der Waals surface area contributed by atoms with Gasteiger partial charge in [-0.2, -0.15) is 13.2 Å². The molecule has 1 N–H and O–H groups in total. The molecule has 0 atom stereocenters. The molecule has 0 bridgehead atoms. The number of anilines is 1. The van der Waals surface area contributed by atoms with Crippen molar-refractivity contribution in [2.24, 2.45) is 0 Å². The molecule has 0 aromatic carbocycles. The number of hydrogen-bond donors (Lipinski definition) is 1. The second-order valence-electron chi connectivity index (χ2n) is 5.97. The molecule has 3 nitrogen and oxygen atoms in total. The molecule has 0 saturated heterocycles. The van der Waals surface area contributed by atoms with Gasteiger partial charge in [0.1, 0.15) is 5.82 Å². The molecule has 0 aliphatic heterocycles. The van der Waals surface area contributed by atoms with Crippen LogP contribution in [0.3, 0.4) is 0 Å². The summed E-state index contributed by atoms with van der Waals surface area (Å²) in [5, 5.41) is 5.72. The van der Waals surface area contributed by atoms with E-state index in [0.29, 0.717) is 13.0 Å². The fourth-order valence-electron chi connectivity index (χ4n) is 1.85. The van der Waals surface area contributed by atoms with Gasteiger partial charge in [-0.3, -0.25) is 0 Å². The molecule has 0 spiro atoms. The van der Waals surface area contributed by atoms with Gasteiger partial charge in [0.05, 0.1) is 16.3 Å². The van der Waals surface area contributed by atoms with Crippen LogP contribution in [0.25, 0.3) is 0 Å². The minimum Gasteiger partial charge on any atom is -0.369 e. The maximum Gasteiger partial charge on any atom is 0.419 e. The zero-order valence-electron chi connectivity index (χ0n) is 12.7. The summed E-state index contributed by atoms with van der Waals surface area (Å²) in [7, 11) is 0. The van der Waals surface area contributed by atoms with Gasteiger partial charge in [0.2, 0.25) is 0 Å². The first kappa shape index (κ1) is 16.7. The van der Waals surface area contributed by atoms with Crippen molar-refractivity contribution in [1.29, 1.82) is 0 Å². The van der Waals surface area contributed by atoms with E-state index in [2.05, 4.69) is 36.1 Å². The van der Waals surface area contributed by atoms with E-state index in [1.165, 1.54) is 12.3 Å². The summed E-state index contributed by atoms with van der Waals surface area (Å²) in [5.41, 5.74) is 0.122. The summed E-state index contributed by atoms with van der Waals surface area (Å²) < 4.78 is 38.5. The minimum atomic E-state index is -4.41. The molecule has 0 fully saturated rings. The highest BCUT2D eigenvalue weighted by atomic mass is 32.1. The van der Waals surface area contributed by atoms with Crippen molar-refractivity contribution in [3.8, 4) is 0 Å². The Morgan fingerprint density at radius 3 is 2.55 bits per heavy atom. The third-order valence-corrected chi connectivity index (χ3v) is 4.30. The van der Waals surface area contributed by atoms with Crippen LogP contribution in [-0.4, -0.2) is 16.5 Å². The average molecular weight is 329 g/mol. The van der Waals surface area contributed by atoms with Gasteiger partial charge in [-0.15, -0.1) is 11.3 Å². The highest BCUT2D eigenvalue weighted by molar-refractivity contribution is 7.09. The van der Waals surface area contributed by atoms with Gasteiger partial charge in [0.15, 0.2) is 0 Å². The lowest BCUT2D eigenvalue weighted by Crippen LogP contribution is -2.14. The van der Waals surface area contributed by atoms with E-state index in [1.807, 2.05) is 5.38 Å². The largest absolute Gasteiger partial charge is 0.419 e. The number of nitrogens with one attached hydrogen (secondary N) is 1. The van der Waals surface area contributed by atoms with Crippen molar-refractivity contribution < 1.29 is 13.2 Å². The zero-order chi connectivity index (χ0) is 16.4. The third kappa shape index (κ3) is 4.19. The Bertz CT molecular complexity index is 629. The molecule has 2 aromatic rings. The minimum absolute atomic E-state index is 0.0131. The molecule has 120 valence electrons. The number of pyridine rings is 1. The first-order valence-corrected chi connectivity index (χ1v) is 7.77. The average Bonchev–Trinajstić information content (AvgIpc) is 2.87. The summed E-state index contributed by atoms with van der Waals surface area (Å²) >= 11 is 1.58. The molecule has 0 amide bonds. The van der Waals surface area contributed by atoms with Crippen LogP contribution >= 0.6 is 11.3 Å². The normalized spacial score (nSPS) is 12.5. The fraction of sp³-hybridized carbons (Fsp3) is 0.467. The molecule has 2 aromatic heterocycles. The van der Waals surface area contributed by atoms with E-state index >= 15 is 0 Å². The first-order chi connectivity index (χ1) is 10.2. The highest BCUT2D eigenvalue weighted by Crippen LogP contribution is 2.33. The number of rotatable bonds is 4. The van der Waals surface area contributed by atoms with Crippen LogP contribution < -0.4 is 5.32 Å². The molecule has 0 radical (unpaired) electrons. The van der Waals surface area contributed by atoms with Crippen LogP contribution in [0.5, 0.6) is 0 Å². The predicted octanol–water partition coefficient (Wildman–Crippen LogP) is 4.51. The maximum absolute atomic E-state index is 12.8. The molecule has 2 heterocycles. The summed E-state index contributed by atoms with van der Waals surface area (Å²) in [4.78, 5) is 8.29. The van der Waals surface area contributed by atoms with Crippen LogP contribution in [0.1, 0.15) is 37.0 Å². The Labute approximate surface area is 131 Å². The van der Waals surface area contributed by atoms with Gasteiger partial charge in [-0.25, -0.2) is 9.97 Å². The lowest BCUT2D eigenvalue weighted by atomic mass is 9.98. The van der Waals surface area contributed by atoms with Crippen LogP contribution in [0, 0.1) is 0 Å². The van der Waals surface area contributed by atoms with Gasteiger partial charge in [-0.05, 0) is 12.1 Å². The molecule has 0 saturated carbocycles. The van der Waals surface area contributed by atoms with Gasteiger partial charge in [0, 0.05) is 30.0 Å². The second kappa shape index (κ2) is 6.24. The maximum atomic E-state index is 12.8. The van der Waals surface area contributed by atoms with E-state index in [-0.39, 0.29) is 11.2 Å². The van der Waals surface area contributed by atoms with Crippen LogP contribution in [0.4, 0.5) is 19.0 Å². The number of halogens is 3. The summed E-state index contributed by atoms with van der Waals surface area (Å²) in [6.07, 6.45) is -2.50. The zero-order valence-corrected chi connectivity index (χ0v) is 13.5. The Balaban J connectivity index is 1.99. The Hall–Kier alpha value is -1.63. The summed E-state index contributed by atoms with van der Waals surface area (Å²) in [6, 6.07) is 2.31. The van der Waals surface area contributed by atoms with E-state index in [1.54, 1.807) is 11.3 Å². The van der Waals surface area contributed by atoms with E-state index in [9.17, 15) is 13.2 Å². The fourth-order valence-corrected chi connectivity index (χ4v) is 2.79. The van der Waals surface area contributed by atoms with Crippen molar-refractivity contribution in [2.45, 2.75) is 38.8 Å². The van der Waals surface area contributed by atoms with Crippen molar-refractivity contribution in [3.63, 3.8) is 0 Å². The second-order valence-corrected chi connectivity index (χ2v) is 6.83. The van der Waals surface area contributed by atoms with Crippen molar-refractivity contribution in [2.75, 3.05) is 11.9 Å². The van der Waals surface area contributed by atoms with Gasteiger partial charge in [0.25, 0.3) is 0 Å². The first-order valence-electron chi connectivity index (χ1n) is 6.89.